The van der Waals surface area contributed by atoms with E-state index in [9.17, 15) is 9.18 Å². The average Bonchev–Trinajstić information content (AvgIpc) is 2.47. The molecule has 5 heteroatoms. The number of piperidine rings is 1. The lowest BCUT2D eigenvalue weighted by Gasteiger charge is -2.34. The lowest BCUT2D eigenvalue weighted by atomic mass is 10.0. The molecule has 0 unspecified atom stereocenters. The van der Waals surface area contributed by atoms with Crippen molar-refractivity contribution in [3.63, 3.8) is 0 Å². The van der Waals surface area contributed by atoms with Gasteiger partial charge in [-0.25, -0.2) is 4.39 Å². The normalized spacial score (nSPS) is 17.2. The van der Waals surface area contributed by atoms with E-state index < -0.39 is 5.82 Å². The second kappa shape index (κ2) is 7.00. The number of ketones is 1. The molecule has 0 bridgehead atoms. The van der Waals surface area contributed by atoms with E-state index in [1.807, 2.05) is 0 Å². The molecular weight excluding hydrogens is 271 g/mol. The van der Waals surface area contributed by atoms with Crippen molar-refractivity contribution in [2.45, 2.75) is 18.9 Å². The van der Waals surface area contributed by atoms with Crippen LogP contribution in [0.5, 0.6) is 5.75 Å². The van der Waals surface area contributed by atoms with E-state index in [0.29, 0.717) is 18.2 Å². The van der Waals surface area contributed by atoms with Crippen molar-refractivity contribution in [2.24, 2.45) is 0 Å². The van der Waals surface area contributed by atoms with Crippen LogP contribution in [0.25, 0.3) is 0 Å². The Balaban J connectivity index is 1.92. The van der Waals surface area contributed by atoms with Gasteiger partial charge in [-0.2, -0.15) is 0 Å². The predicted molar refractivity (Wildman–Crippen MR) is 80.4 cm³/mol. The topological polar surface area (TPSA) is 32.8 Å². The van der Waals surface area contributed by atoms with Gasteiger partial charge in [0.05, 0.1) is 13.7 Å². The molecule has 1 aliphatic rings. The molecular formula is C16H23FN2O2. The van der Waals surface area contributed by atoms with E-state index in [4.69, 9.17) is 4.74 Å². The minimum absolute atomic E-state index is 0.0418. The summed E-state index contributed by atoms with van der Waals surface area (Å²) in [5.41, 5.74) is 0.406. The van der Waals surface area contributed by atoms with E-state index >= 15 is 0 Å². The number of carbonyl (C=O) groups is 1. The third kappa shape index (κ3) is 4.02. The average molecular weight is 294 g/mol. The summed E-state index contributed by atoms with van der Waals surface area (Å²) in [5, 5.41) is 0. The first-order valence-electron chi connectivity index (χ1n) is 7.26. The smallest absolute Gasteiger partial charge is 0.176 e. The van der Waals surface area contributed by atoms with Crippen LogP contribution in [0.15, 0.2) is 18.2 Å². The molecule has 1 saturated heterocycles. The Hall–Kier alpha value is -1.46. The highest BCUT2D eigenvalue weighted by atomic mass is 19.1. The summed E-state index contributed by atoms with van der Waals surface area (Å²) in [6.45, 7) is 2.17. The molecule has 1 heterocycles. The molecule has 4 nitrogen and oxygen atoms in total. The van der Waals surface area contributed by atoms with E-state index in [1.54, 1.807) is 6.07 Å². The van der Waals surface area contributed by atoms with Crippen LogP contribution in [0.1, 0.15) is 23.2 Å². The third-order valence-corrected chi connectivity index (χ3v) is 4.13. The van der Waals surface area contributed by atoms with Crippen molar-refractivity contribution < 1.29 is 13.9 Å². The summed E-state index contributed by atoms with van der Waals surface area (Å²) in [7, 11) is 5.59. The molecule has 1 aromatic rings. The number of likely N-dealkylation sites (tertiary alicyclic amines) is 1. The van der Waals surface area contributed by atoms with Crippen LogP contribution >= 0.6 is 0 Å². The molecule has 1 aliphatic heterocycles. The summed E-state index contributed by atoms with van der Waals surface area (Å²) >= 11 is 0. The monoisotopic (exact) mass is 294 g/mol. The summed E-state index contributed by atoms with van der Waals surface area (Å²) in [6, 6.07) is 4.97. The highest BCUT2D eigenvalue weighted by Crippen LogP contribution is 2.19. The van der Waals surface area contributed by atoms with Gasteiger partial charge in [0, 0.05) is 24.7 Å². The number of ether oxygens (including phenoxy) is 1. The van der Waals surface area contributed by atoms with E-state index in [1.165, 1.54) is 19.2 Å². The van der Waals surface area contributed by atoms with Gasteiger partial charge in [0.25, 0.3) is 0 Å². The fourth-order valence-corrected chi connectivity index (χ4v) is 2.73. The number of hydrogen-bond acceptors (Lipinski definition) is 4. The van der Waals surface area contributed by atoms with Gasteiger partial charge in [0.1, 0.15) is 0 Å². The zero-order valence-electron chi connectivity index (χ0n) is 12.9. The fourth-order valence-electron chi connectivity index (χ4n) is 2.73. The first-order valence-corrected chi connectivity index (χ1v) is 7.26. The van der Waals surface area contributed by atoms with Crippen LogP contribution in [0.4, 0.5) is 4.39 Å². The van der Waals surface area contributed by atoms with Crippen LogP contribution in [-0.4, -0.2) is 62.5 Å². The van der Waals surface area contributed by atoms with Gasteiger partial charge in [-0.3, -0.25) is 9.69 Å². The van der Waals surface area contributed by atoms with Gasteiger partial charge in [-0.05, 0) is 45.1 Å². The Labute approximate surface area is 125 Å². The first kappa shape index (κ1) is 15.9. The van der Waals surface area contributed by atoms with Gasteiger partial charge in [0.15, 0.2) is 17.3 Å². The number of carbonyl (C=O) groups excluding carboxylic acids is 1. The van der Waals surface area contributed by atoms with Gasteiger partial charge in [0.2, 0.25) is 0 Å². The predicted octanol–water partition coefficient (Wildman–Crippen LogP) is 2.04. The van der Waals surface area contributed by atoms with Crippen molar-refractivity contribution in [1.82, 2.24) is 9.80 Å². The molecule has 0 aliphatic carbocycles. The second-order valence-corrected chi connectivity index (χ2v) is 5.74. The molecule has 0 aromatic heterocycles. The molecule has 0 N–H and O–H groups in total. The highest BCUT2D eigenvalue weighted by Gasteiger charge is 2.22. The SMILES string of the molecule is COc1ccc(C(=O)CN2CCC(N(C)C)CC2)cc1F. The Morgan fingerprint density at radius 1 is 1.38 bits per heavy atom. The standard InChI is InChI=1S/C16H23FN2O2/c1-18(2)13-6-8-19(9-7-13)11-15(20)12-4-5-16(21-3)14(17)10-12/h4-5,10,13H,6-9,11H2,1-3H3. The maximum Gasteiger partial charge on any atom is 0.176 e. The number of halogens is 1. The Kier molecular flexibility index (Phi) is 5.31. The number of rotatable bonds is 5. The number of benzene rings is 1. The van der Waals surface area contributed by atoms with Gasteiger partial charge in [-0.15, -0.1) is 0 Å². The lowest BCUT2D eigenvalue weighted by molar-refractivity contribution is 0.0873. The van der Waals surface area contributed by atoms with Crippen molar-refractivity contribution in [3.05, 3.63) is 29.6 Å². The number of hydrogen-bond donors (Lipinski definition) is 0. The summed E-state index contributed by atoms with van der Waals surface area (Å²) in [4.78, 5) is 16.6. The van der Waals surface area contributed by atoms with E-state index in [2.05, 4.69) is 23.9 Å². The Morgan fingerprint density at radius 3 is 2.57 bits per heavy atom. The van der Waals surface area contributed by atoms with Crippen molar-refractivity contribution in [3.8, 4) is 5.75 Å². The lowest BCUT2D eigenvalue weighted by Crippen LogP contribution is -2.43. The molecule has 21 heavy (non-hydrogen) atoms. The highest BCUT2D eigenvalue weighted by molar-refractivity contribution is 5.97. The number of Topliss-reactive ketones (excluding diaryl/α,β-unsaturated/α-hetero) is 1. The number of nitrogens with zero attached hydrogens (tertiary/aromatic N) is 2. The quantitative estimate of drug-likeness (QED) is 0.778. The number of methoxy groups -OCH3 is 1. The molecule has 1 fully saturated rings. The zero-order chi connectivity index (χ0) is 15.4. The second-order valence-electron chi connectivity index (χ2n) is 5.74. The van der Waals surface area contributed by atoms with Gasteiger partial charge >= 0.3 is 0 Å². The molecule has 0 amide bonds. The Bertz CT molecular complexity index is 497. The maximum atomic E-state index is 13.6. The molecule has 0 atom stereocenters. The van der Waals surface area contributed by atoms with Crippen LogP contribution in [0, 0.1) is 5.82 Å². The van der Waals surface area contributed by atoms with Crippen LogP contribution in [0.3, 0.4) is 0 Å². The summed E-state index contributed by atoms with van der Waals surface area (Å²) in [6.07, 6.45) is 2.13. The maximum absolute atomic E-state index is 13.6. The van der Waals surface area contributed by atoms with Crippen molar-refractivity contribution in [1.29, 1.82) is 0 Å². The minimum atomic E-state index is -0.491. The molecule has 116 valence electrons. The van der Waals surface area contributed by atoms with Gasteiger partial charge in [-0.1, -0.05) is 0 Å². The summed E-state index contributed by atoms with van der Waals surface area (Å²) in [5.74, 6) is -0.368. The van der Waals surface area contributed by atoms with Crippen LogP contribution in [-0.2, 0) is 0 Å². The minimum Gasteiger partial charge on any atom is -0.494 e. The Morgan fingerprint density at radius 2 is 2.05 bits per heavy atom. The van der Waals surface area contributed by atoms with E-state index in [0.717, 1.165) is 25.9 Å². The molecule has 1 aromatic carbocycles. The largest absolute Gasteiger partial charge is 0.494 e. The van der Waals surface area contributed by atoms with Gasteiger partial charge < -0.3 is 9.64 Å². The molecule has 2 rings (SSSR count). The fraction of sp³-hybridized carbons (Fsp3) is 0.562. The van der Waals surface area contributed by atoms with E-state index in [-0.39, 0.29) is 11.5 Å². The zero-order valence-corrected chi connectivity index (χ0v) is 12.9. The van der Waals surface area contributed by atoms with Crippen molar-refractivity contribution in [2.75, 3.05) is 40.8 Å². The summed E-state index contributed by atoms with van der Waals surface area (Å²) < 4.78 is 18.5. The molecule has 0 spiro atoms. The molecule has 0 radical (unpaired) electrons. The van der Waals surface area contributed by atoms with Crippen LogP contribution < -0.4 is 4.74 Å². The molecule has 0 saturated carbocycles. The first-order chi connectivity index (χ1) is 10.0. The van der Waals surface area contributed by atoms with Crippen LogP contribution in [0.2, 0.25) is 0 Å². The third-order valence-electron chi connectivity index (χ3n) is 4.13. The van der Waals surface area contributed by atoms with Crippen molar-refractivity contribution >= 4 is 5.78 Å².